The Balaban J connectivity index is 1.85. The summed E-state index contributed by atoms with van der Waals surface area (Å²) in [6.07, 6.45) is 3.51. The van der Waals surface area contributed by atoms with E-state index in [2.05, 4.69) is 20.5 Å². The molecule has 2 aromatic heterocycles. The number of carbonyl (C=O) groups is 1. The smallest absolute Gasteiger partial charge is 0.322 e. The fraction of sp³-hybridized carbons (Fsp3) is 0.455. The SMILES string of the molecule is CC(C)c1nnc(NC(=O)CSc2nccn2C)o1. The summed E-state index contributed by atoms with van der Waals surface area (Å²) in [5, 5.41) is 10.9. The zero-order chi connectivity index (χ0) is 13.8. The van der Waals surface area contributed by atoms with Crippen LogP contribution in [0, 0.1) is 0 Å². The summed E-state index contributed by atoms with van der Waals surface area (Å²) < 4.78 is 7.14. The average Bonchev–Trinajstić information content (AvgIpc) is 2.96. The first kappa shape index (κ1) is 13.6. The van der Waals surface area contributed by atoms with E-state index in [1.807, 2.05) is 31.7 Å². The van der Waals surface area contributed by atoms with Crippen LogP contribution in [0.25, 0.3) is 0 Å². The molecule has 8 heteroatoms. The maximum Gasteiger partial charge on any atom is 0.322 e. The van der Waals surface area contributed by atoms with Gasteiger partial charge in [0.2, 0.25) is 11.8 Å². The molecule has 2 heterocycles. The molecule has 0 aliphatic heterocycles. The third kappa shape index (κ3) is 3.57. The first-order valence-electron chi connectivity index (χ1n) is 5.79. The molecular formula is C11H15N5O2S. The molecule has 1 amide bonds. The number of hydrogen-bond acceptors (Lipinski definition) is 6. The van der Waals surface area contributed by atoms with Crippen molar-refractivity contribution in [1.29, 1.82) is 0 Å². The summed E-state index contributed by atoms with van der Waals surface area (Å²) in [6, 6.07) is 0.133. The zero-order valence-corrected chi connectivity index (χ0v) is 11.8. The van der Waals surface area contributed by atoms with Crippen LogP contribution in [-0.2, 0) is 11.8 Å². The van der Waals surface area contributed by atoms with E-state index in [9.17, 15) is 4.79 Å². The van der Waals surface area contributed by atoms with Crippen LogP contribution in [0.2, 0.25) is 0 Å². The molecule has 2 aromatic rings. The molecule has 0 bridgehead atoms. The van der Waals surface area contributed by atoms with Gasteiger partial charge in [-0.1, -0.05) is 30.7 Å². The molecule has 19 heavy (non-hydrogen) atoms. The highest BCUT2D eigenvalue weighted by molar-refractivity contribution is 7.99. The third-order valence-corrected chi connectivity index (χ3v) is 3.35. The van der Waals surface area contributed by atoms with Crippen molar-refractivity contribution in [1.82, 2.24) is 19.7 Å². The molecule has 0 spiro atoms. The molecule has 0 unspecified atom stereocenters. The van der Waals surface area contributed by atoms with Crippen molar-refractivity contribution in [2.45, 2.75) is 24.9 Å². The topological polar surface area (TPSA) is 85.8 Å². The van der Waals surface area contributed by atoms with Gasteiger partial charge < -0.3 is 8.98 Å². The minimum absolute atomic E-state index is 0.133. The monoisotopic (exact) mass is 281 g/mol. The average molecular weight is 281 g/mol. The first-order valence-corrected chi connectivity index (χ1v) is 6.78. The van der Waals surface area contributed by atoms with E-state index in [-0.39, 0.29) is 23.6 Å². The summed E-state index contributed by atoms with van der Waals surface area (Å²) in [7, 11) is 1.88. The molecular weight excluding hydrogens is 266 g/mol. The molecule has 0 saturated carbocycles. The Morgan fingerprint density at radius 3 is 2.89 bits per heavy atom. The number of imidazole rings is 1. The van der Waals surface area contributed by atoms with Crippen LogP contribution in [-0.4, -0.2) is 31.4 Å². The van der Waals surface area contributed by atoms with Gasteiger partial charge in [-0.15, -0.1) is 5.10 Å². The lowest BCUT2D eigenvalue weighted by Crippen LogP contribution is -2.14. The van der Waals surface area contributed by atoms with Gasteiger partial charge in [0.1, 0.15) is 0 Å². The number of rotatable bonds is 5. The number of nitrogens with zero attached hydrogens (tertiary/aromatic N) is 4. The minimum atomic E-state index is -0.202. The molecule has 0 aliphatic carbocycles. The van der Waals surface area contributed by atoms with Crippen LogP contribution in [0.3, 0.4) is 0 Å². The number of amides is 1. The van der Waals surface area contributed by atoms with Gasteiger partial charge in [0, 0.05) is 25.4 Å². The van der Waals surface area contributed by atoms with Crippen LogP contribution in [0.4, 0.5) is 6.01 Å². The van der Waals surface area contributed by atoms with Gasteiger partial charge in [-0.25, -0.2) is 4.98 Å². The Hall–Kier alpha value is -1.83. The molecule has 0 aliphatic rings. The van der Waals surface area contributed by atoms with Crippen LogP contribution in [0.5, 0.6) is 0 Å². The molecule has 102 valence electrons. The second-order valence-corrected chi connectivity index (χ2v) is 5.20. The van der Waals surface area contributed by atoms with Crippen LogP contribution in [0.1, 0.15) is 25.7 Å². The molecule has 0 radical (unpaired) electrons. The molecule has 0 aromatic carbocycles. The lowest BCUT2D eigenvalue weighted by molar-refractivity contribution is -0.113. The number of aromatic nitrogens is 4. The van der Waals surface area contributed by atoms with E-state index in [0.29, 0.717) is 5.89 Å². The molecule has 1 N–H and O–H groups in total. The lowest BCUT2D eigenvalue weighted by atomic mass is 10.2. The highest BCUT2D eigenvalue weighted by Gasteiger charge is 2.12. The van der Waals surface area contributed by atoms with Gasteiger partial charge in [-0.05, 0) is 0 Å². The molecule has 0 atom stereocenters. The summed E-state index contributed by atoms with van der Waals surface area (Å²) in [6.45, 7) is 3.88. The zero-order valence-electron chi connectivity index (χ0n) is 11.0. The standard InChI is InChI=1S/C11H15N5O2S/c1-7(2)9-14-15-10(18-9)13-8(17)6-19-11-12-4-5-16(11)3/h4-5,7H,6H2,1-3H3,(H,13,15,17). The largest absolute Gasteiger partial charge is 0.408 e. The molecule has 7 nitrogen and oxygen atoms in total. The van der Waals surface area contributed by atoms with Crippen molar-refractivity contribution in [2.24, 2.45) is 7.05 Å². The van der Waals surface area contributed by atoms with Gasteiger partial charge in [-0.3, -0.25) is 10.1 Å². The Kier molecular flexibility index (Phi) is 4.20. The van der Waals surface area contributed by atoms with Gasteiger partial charge in [-0.2, -0.15) is 0 Å². The van der Waals surface area contributed by atoms with E-state index in [1.165, 1.54) is 11.8 Å². The summed E-state index contributed by atoms with van der Waals surface area (Å²) in [5.74, 6) is 0.684. The Morgan fingerprint density at radius 1 is 1.53 bits per heavy atom. The fourth-order valence-electron chi connectivity index (χ4n) is 1.29. The summed E-state index contributed by atoms with van der Waals surface area (Å²) >= 11 is 1.34. The highest BCUT2D eigenvalue weighted by Crippen LogP contribution is 2.17. The van der Waals surface area contributed by atoms with Crippen molar-refractivity contribution in [3.05, 3.63) is 18.3 Å². The normalized spacial score (nSPS) is 10.9. The summed E-state index contributed by atoms with van der Waals surface area (Å²) in [4.78, 5) is 15.8. The first-order chi connectivity index (χ1) is 9.06. The summed E-state index contributed by atoms with van der Waals surface area (Å²) in [5.41, 5.74) is 0. The Labute approximate surface area is 114 Å². The Bertz CT molecular complexity index is 563. The number of hydrogen-bond donors (Lipinski definition) is 1. The number of nitrogens with one attached hydrogen (secondary N) is 1. The van der Waals surface area contributed by atoms with E-state index in [4.69, 9.17) is 4.42 Å². The van der Waals surface area contributed by atoms with Crippen molar-refractivity contribution in [3.8, 4) is 0 Å². The van der Waals surface area contributed by atoms with Crippen LogP contribution >= 0.6 is 11.8 Å². The van der Waals surface area contributed by atoms with E-state index in [1.54, 1.807) is 6.20 Å². The van der Waals surface area contributed by atoms with Gasteiger partial charge in [0.25, 0.3) is 0 Å². The van der Waals surface area contributed by atoms with E-state index in [0.717, 1.165) is 5.16 Å². The maximum atomic E-state index is 11.7. The van der Waals surface area contributed by atoms with Crippen molar-refractivity contribution in [3.63, 3.8) is 0 Å². The van der Waals surface area contributed by atoms with E-state index >= 15 is 0 Å². The number of anilines is 1. The second kappa shape index (κ2) is 5.87. The minimum Gasteiger partial charge on any atom is -0.408 e. The third-order valence-electron chi connectivity index (χ3n) is 2.29. The van der Waals surface area contributed by atoms with Crippen molar-refractivity contribution < 1.29 is 9.21 Å². The maximum absolute atomic E-state index is 11.7. The molecule has 0 fully saturated rings. The molecule has 0 saturated heterocycles. The van der Waals surface area contributed by atoms with Crippen LogP contribution in [0.15, 0.2) is 22.0 Å². The highest BCUT2D eigenvalue weighted by atomic mass is 32.2. The molecule has 2 rings (SSSR count). The predicted octanol–water partition coefficient (Wildman–Crippen LogP) is 1.66. The van der Waals surface area contributed by atoms with Gasteiger partial charge in [0.05, 0.1) is 5.75 Å². The quantitative estimate of drug-likeness (QED) is 0.839. The van der Waals surface area contributed by atoms with E-state index < -0.39 is 0 Å². The fourth-order valence-corrected chi connectivity index (χ4v) is 2.03. The van der Waals surface area contributed by atoms with Crippen molar-refractivity contribution >= 4 is 23.7 Å². The van der Waals surface area contributed by atoms with Crippen molar-refractivity contribution in [2.75, 3.05) is 11.1 Å². The lowest BCUT2D eigenvalue weighted by Gasteiger charge is -2.01. The number of aryl methyl sites for hydroxylation is 1. The number of thioether (sulfide) groups is 1. The van der Waals surface area contributed by atoms with Gasteiger partial charge in [0.15, 0.2) is 5.16 Å². The predicted molar refractivity (Wildman–Crippen MR) is 70.9 cm³/mol. The van der Waals surface area contributed by atoms with Crippen LogP contribution < -0.4 is 5.32 Å². The Morgan fingerprint density at radius 2 is 2.32 bits per heavy atom. The second-order valence-electron chi connectivity index (χ2n) is 4.26. The number of carbonyl (C=O) groups excluding carboxylic acids is 1. The van der Waals surface area contributed by atoms with Gasteiger partial charge >= 0.3 is 6.01 Å².